The largest absolute Gasteiger partial charge is 0.403 e. The molecule has 0 aliphatic carbocycles. The van der Waals surface area contributed by atoms with Crippen molar-refractivity contribution in [3.05, 3.63) is 24.3 Å². The van der Waals surface area contributed by atoms with Crippen molar-refractivity contribution in [1.82, 2.24) is 0 Å². The second-order valence-corrected chi connectivity index (χ2v) is 1.38. The summed E-state index contributed by atoms with van der Waals surface area (Å²) < 4.78 is 0. The van der Waals surface area contributed by atoms with Gasteiger partial charge in [0.05, 0.1) is 0 Å². The third kappa shape index (κ3) is 0.872. The highest BCUT2D eigenvalue weighted by Gasteiger charge is 1.93. The molecule has 0 atom stereocenters. The second kappa shape index (κ2) is 2.16. The first-order valence-electron chi connectivity index (χ1n) is 2.26. The Bertz CT molecular complexity index is 173. The lowest BCUT2D eigenvalue weighted by molar-refractivity contribution is -0.531. The van der Waals surface area contributed by atoms with Crippen molar-refractivity contribution in [3.63, 3.8) is 0 Å². The minimum Gasteiger partial charge on any atom is -0.297 e. The lowest BCUT2D eigenvalue weighted by Gasteiger charge is -1.69. The van der Waals surface area contributed by atoms with Crippen LogP contribution in [0.1, 0.15) is 10.4 Å². The first-order valence-corrected chi connectivity index (χ1v) is 2.26. The number of aldehydes is 1. The molecule has 3 heteroatoms. The third-order valence-corrected chi connectivity index (χ3v) is 0.803. The van der Waals surface area contributed by atoms with Crippen molar-refractivity contribution < 1.29 is 14.8 Å². The summed E-state index contributed by atoms with van der Waals surface area (Å²) in [5.74, 6) is 0. The van der Waals surface area contributed by atoms with E-state index in [2.05, 4.69) is 9.97 Å². The van der Waals surface area contributed by atoms with E-state index >= 15 is 0 Å². The Kier molecular flexibility index (Phi) is 1.32. The molecule has 3 nitrogen and oxygen atoms in total. The molecular weight excluding hydrogens is 104 g/mol. The van der Waals surface area contributed by atoms with Gasteiger partial charge in [-0.2, -0.15) is 9.97 Å². The maximum atomic E-state index is 9.97. The van der Waals surface area contributed by atoms with E-state index < -0.39 is 0 Å². The van der Waals surface area contributed by atoms with Gasteiger partial charge in [-0.3, -0.25) is 4.79 Å². The highest BCUT2D eigenvalue weighted by molar-refractivity contribution is 5.72. The van der Waals surface area contributed by atoms with Crippen molar-refractivity contribution in [3.8, 4) is 0 Å². The van der Waals surface area contributed by atoms with E-state index in [0.717, 1.165) is 6.29 Å². The Labute approximate surface area is 46.4 Å². The number of aromatic nitrogens is 2. The predicted octanol–water partition coefficient (Wildman–Crippen LogP) is -0.873. The summed E-state index contributed by atoms with van der Waals surface area (Å²) in [5.41, 5.74) is 0.618. The van der Waals surface area contributed by atoms with Gasteiger partial charge in [0, 0.05) is 0 Å². The molecule has 0 aliphatic rings. The fraction of sp³-hybridized carbons (Fsp3) is 0. The zero-order valence-electron chi connectivity index (χ0n) is 4.22. The standard InChI is InChI=1S/C5H4N2O/c8-3-5-1-6-4-7-2-5/h1-4H/p+2. The van der Waals surface area contributed by atoms with Gasteiger partial charge in [-0.05, 0) is 0 Å². The van der Waals surface area contributed by atoms with Gasteiger partial charge in [0.15, 0.2) is 18.7 Å². The molecule has 8 heavy (non-hydrogen) atoms. The zero-order valence-corrected chi connectivity index (χ0v) is 4.22. The number of nitrogens with one attached hydrogen (secondary N) is 2. The van der Waals surface area contributed by atoms with E-state index in [0.29, 0.717) is 5.56 Å². The molecule has 0 spiro atoms. The molecule has 0 aromatic carbocycles. The normalized spacial score (nSPS) is 8.50. The lowest BCUT2D eigenvalue weighted by Crippen LogP contribution is -2.14. The van der Waals surface area contributed by atoms with Crippen molar-refractivity contribution in [2.75, 3.05) is 0 Å². The number of aromatic amines is 2. The molecule has 1 heterocycles. The molecule has 1 rings (SSSR count). The number of hydrogen-bond donors (Lipinski definition) is 0. The Balaban J connectivity index is 2.99. The number of carbonyl (C=O) groups is 1. The number of hydrogen-bond acceptors (Lipinski definition) is 1. The minimum absolute atomic E-state index is 0.618. The smallest absolute Gasteiger partial charge is 0.297 e. The fourth-order valence-electron chi connectivity index (χ4n) is 0.434. The Morgan fingerprint density at radius 2 is 2.00 bits per heavy atom. The molecule has 1 aromatic heterocycles. The van der Waals surface area contributed by atoms with E-state index in [1.54, 1.807) is 18.7 Å². The molecule has 0 saturated heterocycles. The number of carbonyl (C=O) groups excluding carboxylic acids is 1. The van der Waals surface area contributed by atoms with Gasteiger partial charge in [0.25, 0.3) is 0 Å². The monoisotopic (exact) mass is 110 g/mol. The van der Waals surface area contributed by atoms with Crippen LogP contribution in [0.5, 0.6) is 0 Å². The predicted molar refractivity (Wildman–Crippen MR) is 24.9 cm³/mol. The van der Waals surface area contributed by atoms with Gasteiger partial charge in [0.2, 0.25) is 0 Å². The molecule has 0 aliphatic heterocycles. The van der Waals surface area contributed by atoms with Gasteiger partial charge < -0.3 is 0 Å². The van der Waals surface area contributed by atoms with Crippen molar-refractivity contribution >= 4 is 6.29 Å². The van der Waals surface area contributed by atoms with Crippen LogP contribution in [0.2, 0.25) is 0 Å². The zero-order chi connectivity index (χ0) is 5.82. The molecule has 0 fully saturated rings. The summed E-state index contributed by atoms with van der Waals surface area (Å²) in [4.78, 5) is 15.4. The first-order chi connectivity index (χ1) is 3.93. The number of rotatable bonds is 1. The SMILES string of the molecule is O=Cc1c[nH+]c[nH+]c1. The van der Waals surface area contributed by atoms with E-state index in [1.807, 2.05) is 0 Å². The molecular formula is C5H6N2O+2. The minimum atomic E-state index is 0.618. The van der Waals surface area contributed by atoms with Gasteiger partial charge in [-0.25, -0.2) is 0 Å². The Morgan fingerprint density at radius 1 is 1.38 bits per heavy atom. The average Bonchev–Trinajstić information content (AvgIpc) is 1.90. The Morgan fingerprint density at radius 3 is 2.38 bits per heavy atom. The van der Waals surface area contributed by atoms with Crippen LogP contribution in [0.15, 0.2) is 18.7 Å². The topological polar surface area (TPSA) is 45.4 Å². The van der Waals surface area contributed by atoms with E-state index in [4.69, 9.17) is 0 Å². The second-order valence-electron chi connectivity index (χ2n) is 1.38. The quantitative estimate of drug-likeness (QED) is 0.433. The average molecular weight is 110 g/mol. The van der Waals surface area contributed by atoms with E-state index in [9.17, 15) is 4.79 Å². The van der Waals surface area contributed by atoms with Crippen molar-refractivity contribution in [2.24, 2.45) is 0 Å². The molecule has 2 N–H and O–H groups in total. The van der Waals surface area contributed by atoms with Crippen LogP contribution < -0.4 is 9.97 Å². The summed E-state index contributed by atoms with van der Waals surface area (Å²) in [6.45, 7) is 0. The summed E-state index contributed by atoms with van der Waals surface area (Å²) in [6.07, 6.45) is 5.63. The molecule has 0 saturated carbocycles. The van der Waals surface area contributed by atoms with Crippen LogP contribution in [-0.2, 0) is 0 Å². The van der Waals surface area contributed by atoms with Crippen molar-refractivity contribution in [1.29, 1.82) is 0 Å². The summed E-state index contributed by atoms with van der Waals surface area (Å²) >= 11 is 0. The van der Waals surface area contributed by atoms with E-state index in [-0.39, 0.29) is 0 Å². The van der Waals surface area contributed by atoms with Crippen molar-refractivity contribution in [2.45, 2.75) is 0 Å². The lowest BCUT2D eigenvalue weighted by atomic mass is 10.4. The molecule has 0 amide bonds. The molecule has 1 aromatic rings. The summed E-state index contributed by atoms with van der Waals surface area (Å²) in [5, 5.41) is 0. The highest BCUT2D eigenvalue weighted by atomic mass is 16.1. The van der Waals surface area contributed by atoms with Gasteiger partial charge in [-0.1, -0.05) is 0 Å². The van der Waals surface area contributed by atoms with Gasteiger partial charge >= 0.3 is 6.33 Å². The van der Waals surface area contributed by atoms with Crippen LogP contribution in [0.3, 0.4) is 0 Å². The fourth-order valence-corrected chi connectivity index (χ4v) is 0.434. The summed E-state index contributed by atoms with van der Waals surface area (Å²) in [7, 11) is 0. The third-order valence-electron chi connectivity index (χ3n) is 0.803. The number of H-pyrrole nitrogens is 2. The highest BCUT2D eigenvalue weighted by Crippen LogP contribution is 1.76. The molecule has 0 bridgehead atoms. The Hall–Kier alpha value is -1.25. The van der Waals surface area contributed by atoms with Crippen LogP contribution >= 0.6 is 0 Å². The molecule has 40 valence electrons. The van der Waals surface area contributed by atoms with Crippen LogP contribution in [0, 0.1) is 0 Å². The maximum absolute atomic E-state index is 9.97. The molecule has 0 unspecified atom stereocenters. The van der Waals surface area contributed by atoms with Crippen LogP contribution in [-0.4, -0.2) is 6.29 Å². The van der Waals surface area contributed by atoms with Crippen LogP contribution in [0.4, 0.5) is 0 Å². The summed E-state index contributed by atoms with van der Waals surface area (Å²) in [6, 6.07) is 0. The van der Waals surface area contributed by atoms with E-state index in [1.165, 1.54) is 0 Å². The maximum Gasteiger partial charge on any atom is 0.403 e. The van der Waals surface area contributed by atoms with Gasteiger partial charge in [0.1, 0.15) is 5.56 Å². The first kappa shape index (κ1) is 4.90. The molecule has 0 radical (unpaired) electrons. The van der Waals surface area contributed by atoms with Crippen LogP contribution in [0.25, 0.3) is 0 Å². The van der Waals surface area contributed by atoms with Gasteiger partial charge in [-0.15, -0.1) is 0 Å².